The number of carbonyl (C=O) groups excluding carboxylic acids is 2. The highest BCUT2D eigenvalue weighted by atomic mass is 35.5. The Labute approximate surface area is 142 Å². The number of benzene rings is 1. The minimum Gasteiger partial charge on any atom is -0.351 e. The predicted molar refractivity (Wildman–Crippen MR) is 93.3 cm³/mol. The van der Waals surface area contributed by atoms with Crippen LogP contribution in [0.25, 0.3) is 0 Å². The van der Waals surface area contributed by atoms with Gasteiger partial charge in [0.25, 0.3) is 0 Å². The van der Waals surface area contributed by atoms with Crippen LogP contribution in [-0.2, 0) is 9.59 Å². The summed E-state index contributed by atoms with van der Waals surface area (Å²) in [6.07, 6.45) is 5.05. The molecule has 0 spiro atoms. The first-order chi connectivity index (χ1) is 10.8. The summed E-state index contributed by atoms with van der Waals surface area (Å²) < 4.78 is 0. The molecule has 2 rings (SSSR count). The van der Waals surface area contributed by atoms with Crippen molar-refractivity contribution in [2.24, 2.45) is 11.8 Å². The van der Waals surface area contributed by atoms with Gasteiger partial charge < -0.3 is 10.6 Å². The standard InChI is InChI=1S/C18H23ClN2O2/c1-18(2,3)21-17(23)13-9-5-4-8-12(13)16(22)20-15-11-7-6-10-14(15)19/h4-7,10-13H,8-9H2,1-3H3,(H,20,22)(H,21,23). The van der Waals surface area contributed by atoms with E-state index in [4.69, 9.17) is 11.6 Å². The van der Waals surface area contributed by atoms with E-state index in [1.54, 1.807) is 18.2 Å². The van der Waals surface area contributed by atoms with E-state index in [9.17, 15) is 9.59 Å². The first-order valence-corrected chi connectivity index (χ1v) is 8.18. The molecular weight excluding hydrogens is 312 g/mol. The molecule has 124 valence electrons. The van der Waals surface area contributed by atoms with Gasteiger partial charge in [0.15, 0.2) is 0 Å². The van der Waals surface area contributed by atoms with Gasteiger partial charge in [-0.15, -0.1) is 0 Å². The topological polar surface area (TPSA) is 58.2 Å². The Morgan fingerprint density at radius 3 is 2.17 bits per heavy atom. The Morgan fingerprint density at radius 1 is 1.04 bits per heavy atom. The smallest absolute Gasteiger partial charge is 0.228 e. The van der Waals surface area contributed by atoms with Gasteiger partial charge in [0.2, 0.25) is 11.8 Å². The number of para-hydroxylation sites is 1. The maximum absolute atomic E-state index is 12.6. The number of allylic oxidation sites excluding steroid dienone is 2. The van der Waals surface area contributed by atoms with Gasteiger partial charge in [0.05, 0.1) is 22.5 Å². The highest BCUT2D eigenvalue weighted by Gasteiger charge is 2.35. The van der Waals surface area contributed by atoms with Crippen molar-refractivity contribution in [2.75, 3.05) is 5.32 Å². The van der Waals surface area contributed by atoms with E-state index in [0.717, 1.165) is 0 Å². The van der Waals surface area contributed by atoms with Gasteiger partial charge in [-0.25, -0.2) is 0 Å². The van der Waals surface area contributed by atoms with Gasteiger partial charge in [-0.2, -0.15) is 0 Å². The number of hydrogen-bond donors (Lipinski definition) is 2. The Morgan fingerprint density at radius 2 is 1.61 bits per heavy atom. The van der Waals surface area contributed by atoms with E-state index in [1.807, 2.05) is 39.0 Å². The molecule has 0 bridgehead atoms. The van der Waals surface area contributed by atoms with Gasteiger partial charge in [0.1, 0.15) is 0 Å². The molecule has 0 aliphatic heterocycles. The Bertz CT molecular complexity index is 620. The van der Waals surface area contributed by atoms with Crippen LogP contribution in [0.3, 0.4) is 0 Å². The van der Waals surface area contributed by atoms with E-state index >= 15 is 0 Å². The van der Waals surface area contributed by atoms with Crippen LogP contribution in [0.15, 0.2) is 36.4 Å². The first kappa shape index (κ1) is 17.5. The van der Waals surface area contributed by atoms with Crippen LogP contribution in [0, 0.1) is 11.8 Å². The van der Waals surface area contributed by atoms with Crippen LogP contribution in [0.5, 0.6) is 0 Å². The molecular formula is C18H23ClN2O2. The second-order valence-electron chi connectivity index (χ2n) is 6.86. The molecule has 2 atom stereocenters. The van der Waals surface area contributed by atoms with Gasteiger partial charge in [-0.3, -0.25) is 9.59 Å². The van der Waals surface area contributed by atoms with Gasteiger partial charge in [-0.1, -0.05) is 35.9 Å². The Balaban J connectivity index is 2.12. The fraction of sp³-hybridized carbons (Fsp3) is 0.444. The van der Waals surface area contributed by atoms with Crippen LogP contribution in [0.4, 0.5) is 5.69 Å². The highest BCUT2D eigenvalue weighted by Crippen LogP contribution is 2.29. The summed E-state index contributed by atoms with van der Waals surface area (Å²) in [5.41, 5.74) is 0.255. The molecule has 0 aromatic heterocycles. The zero-order chi connectivity index (χ0) is 17.0. The molecule has 0 heterocycles. The van der Waals surface area contributed by atoms with Crippen LogP contribution < -0.4 is 10.6 Å². The summed E-state index contributed by atoms with van der Waals surface area (Å²) in [6.45, 7) is 5.80. The second kappa shape index (κ2) is 7.18. The third-order valence-electron chi connectivity index (χ3n) is 3.74. The van der Waals surface area contributed by atoms with E-state index in [0.29, 0.717) is 23.6 Å². The zero-order valence-electron chi connectivity index (χ0n) is 13.7. The van der Waals surface area contributed by atoms with Crippen molar-refractivity contribution in [3.63, 3.8) is 0 Å². The van der Waals surface area contributed by atoms with E-state index in [-0.39, 0.29) is 23.3 Å². The summed E-state index contributed by atoms with van der Waals surface area (Å²) in [6, 6.07) is 7.10. The summed E-state index contributed by atoms with van der Waals surface area (Å²) in [5, 5.41) is 6.30. The predicted octanol–water partition coefficient (Wildman–Crippen LogP) is 3.78. The van der Waals surface area contributed by atoms with E-state index < -0.39 is 5.92 Å². The fourth-order valence-corrected chi connectivity index (χ4v) is 2.83. The molecule has 1 aliphatic rings. The Hall–Kier alpha value is -1.81. The lowest BCUT2D eigenvalue weighted by molar-refractivity contribution is -0.133. The molecule has 0 saturated heterocycles. The van der Waals surface area contributed by atoms with Crippen molar-refractivity contribution in [3.05, 3.63) is 41.4 Å². The van der Waals surface area contributed by atoms with Gasteiger partial charge in [0, 0.05) is 5.54 Å². The number of carbonyl (C=O) groups is 2. The molecule has 23 heavy (non-hydrogen) atoms. The maximum Gasteiger partial charge on any atom is 0.228 e. The summed E-state index contributed by atoms with van der Waals surface area (Å²) in [7, 11) is 0. The van der Waals surface area contributed by atoms with Crippen LogP contribution in [0.2, 0.25) is 5.02 Å². The lowest BCUT2D eigenvalue weighted by atomic mass is 9.81. The zero-order valence-corrected chi connectivity index (χ0v) is 14.5. The van der Waals surface area contributed by atoms with Crippen molar-refractivity contribution in [1.82, 2.24) is 5.32 Å². The lowest BCUT2D eigenvalue weighted by Gasteiger charge is -2.30. The summed E-state index contributed by atoms with van der Waals surface area (Å²) >= 11 is 6.09. The first-order valence-electron chi connectivity index (χ1n) is 7.80. The lowest BCUT2D eigenvalue weighted by Crippen LogP contribution is -2.47. The largest absolute Gasteiger partial charge is 0.351 e. The van der Waals surface area contributed by atoms with Crippen LogP contribution >= 0.6 is 11.6 Å². The van der Waals surface area contributed by atoms with E-state index in [2.05, 4.69) is 10.6 Å². The molecule has 0 saturated carbocycles. The molecule has 1 aromatic rings. The normalized spacial score (nSPS) is 20.9. The van der Waals surface area contributed by atoms with Crippen molar-refractivity contribution < 1.29 is 9.59 Å². The number of hydrogen-bond acceptors (Lipinski definition) is 2. The van der Waals surface area contributed by atoms with Crippen LogP contribution in [-0.4, -0.2) is 17.4 Å². The summed E-state index contributed by atoms with van der Waals surface area (Å²) in [5.74, 6) is -1.00. The molecule has 5 heteroatoms. The third-order valence-corrected chi connectivity index (χ3v) is 4.07. The second-order valence-corrected chi connectivity index (χ2v) is 7.27. The SMILES string of the molecule is CC(C)(C)NC(=O)C1CC=CCC1C(=O)Nc1ccccc1Cl. The monoisotopic (exact) mass is 334 g/mol. The molecule has 0 fully saturated rings. The molecule has 2 amide bonds. The molecule has 0 radical (unpaired) electrons. The number of anilines is 1. The highest BCUT2D eigenvalue weighted by molar-refractivity contribution is 6.33. The Kier molecular flexibility index (Phi) is 5.47. The number of amides is 2. The molecule has 4 nitrogen and oxygen atoms in total. The molecule has 1 aliphatic carbocycles. The number of halogens is 1. The van der Waals surface area contributed by atoms with Crippen molar-refractivity contribution in [3.8, 4) is 0 Å². The maximum atomic E-state index is 12.6. The third kappa shape index (κ3) is 4.83. The van der Waals surface area contributed by atoms with Crippen molar-refractivity contribution >= 4 is 29.1 Å². The number of nitrogens with one attached hydrogen (secondary N) is 2. The molecule has 1 aromatic carbocycles. The minimum atomic E-state index is -0.390. The fourth-order valence-electron chi connectivity index (χ4n) is 2.64. The average Bonchev–Trinajstić information content (AvgIpc) is 2.48. The van der Waals surface area contributed by atoms with Crippen molar-refractivity contribution in [2.45, 2.75) is 39.2 Å². The quantitative estimate of drug-likeness (QED) is 0.826. The van der Waals surface area contributed by atoms with Crippen molar-refractivity contribution in [1.29, 1.82) is 0 Å². The van der Waals surface area contributed by atoms with Gasteiger partial charge >= 0.3 is 0 Å². The van der Waals surface area contributed by atoms with Gasteiger partial charge in [-0.05, 0) is 45.7 Å². The molecule has 2 N–H and O–H groups in total. The minimum absolute atomic E-state index is 0.0823. The average molecular weight is 335 g/mol. The summed E-state index contributed by atoms with van der Waals surface area (Å²) in [4.78, 5) is 25.1. The number of rotatable bonds is 3. The van der Waals surface area contributed by atoms with E-state index in [1.165, 1.54) is 0 Å². The van der Waals surface area contributed by atoms with Crippen LogP contribution in [0.1, 0.15) is 33.6 Å². The molecule has 2 unspecified atom stereocenters.